The second-order valence-corrected chi connectivity index (χ2v) is 7.67. The Morgan fingerprint density at radius 1 is 1.11 bits per heavy atom. The van der Waals surface area contributed by atoms with Gasteiger partial charge in [-0.25, -0.2) is 13.4 Å². The van der Waals surface area contributed by atoms with Crippen molar-refractivity contribution in [3.8, 4) is 0 Å². The molecule has 1 N–H and O–H groups in total. The van der Waals surface area contributed by atoms with Crippen molar-refractivity contribution in [1.82, 2.24) is 9.84 Å². The van der Waals surface area contributed by atoms with Crippen LogP contribution >= 0.6 is 39.1 Å². The van der Waals surface area contributed by atoms with Crippen LogP contribution in [0, 0.1) is 0 Å². The Hall–Kier alpha value is 0.150. The van der Waals surface area contributed by atoms with E-state index in [0.717, 1.165) is 19.3 Å². The molecule has 1 heterocycles. The Labute approximate surface area is 131 Å². The first kappa shape index (κ1) is 15.5. The lowest BCUT2D eigenvalue weighted by molar-refractivity contribution is 0.200. The Morgan fingerprint density at radius 2 is 1.63 bits per heavy atom. The van der Waals surface area contributed by atoms with Crippen LogP contribution in [0.2, 0.25) is 10.0 Å². The van der Waals surface area contributed by atoms with Crippen LogP contribution in [-0.2, 0) is 10.0 Å². The van der Waals surface area contributed by atoms with Crippen LogP contribution in [0.25, 0.3) is 0 Å². The van der Waals surface area contributed by atoms with Gasteiger partial charge >= 0.3 is 0 Å². The summed E-state index contributed by atoms with van der Waals surface area (Å²) >= 11 is 15.2. The Morgan fingerprint density at radius 3 is 2.16 bits per heavy atom. The molecule has 1 aliphatic heterocycles. The predicted molar refractivity (Wildman–Crippen MR) is 79.9 cm³/mol. The maximum Gasteiger partial charge on any atom is 0.256 e. The van der Waals surface area contributed by atoms with Gasteiger partial charge in [0.25, 0.3) is 10.0 Å². The summed E-state index contributed by atoms with van der Waals surface area (Å²) < 4.78 is 25.3. The fraction of sp³-hybridized carbons (Fsp3) is 0.455. The van der Waals surface area contributed by atoms with Crippen LogP contribution in [-0.4, -0.2) is 26.5 Å². The van der Waals surface area contributed by atoms with E-state index in [-0.39, 0.29) is 14.9 Å². The third-order valence-corrected chi connectivity index (χ3v) is 5.59. The van der Waals surface area contributed by atoms with Gasteiger partial charge in [-0.05, 0) is 25.0 Å². The third kappa shape index (κ3) is 3.83. The molecule has 0 amide bonds. The number of hydrogen-bond donors (Lipinski definition) is 1. The van der Waals surface area contributed by atoms with E-state index in [1.165, 1.54) is 12.1 Å². The highest BCUT2D eigenvalue weighted by atomic mass is 79.9. The van der Waals surface area contributed by atoms with Crippen LogP contribution in [0.1, 0.15) is 19.3 Å². The van der Waals surface area contributed by atoms with Crippen molar-refractivity contribution < 1.29 is 8.42 Å². The number of rotatable bonds is 3. The van der Waals surface area contributed by atoms with E-state index in [0.29, 0.717) is 17.6 Å². The van der Waals surface area contributed by atoms with Gasteiger partial charge in [0.05, 0.1) is 10.0 Å². The summed E-state index contributed by atoms with van der Waals surface area (Å²) in [6, 6.07) is 3.02. The summed E-state index contributed by atoms with van der Waals surface area (Å²) in [4.78, 5) is 2.45. The number of hydrazine groups is 1. The van der Waals surface area contributed by atoms with Crippen molar-refractivity contribution in [2.45, 2.75) is 24.2 Å². The van der Waals surface area contributed by atoms with Gasteiger partial charge in [0.15, 0.2) is 0 Å². The number of benzene rings is 1. The van der Waals surface area contributed by atoms with Crippen molar-refractivity contribution >= 4 is 49.2 Å². The maximum atomic E-state index is 12.3. The maximum absolute atomic E-state index is 12.3. The van der Waals surface area contributed by atoms with E-state index in [4.69, 9.17) is 23.2 Å². The molecule has 1 aromatic rings. The Balaban J connectivity index is 2.29. The first-order valence-corrected chi connectivity index (χ1v) is 8.85. The zero-order valence-electron chi connectivity index (χ0n) is 10.00. The van der Waals surface area contributed by atoms with Gasteiger partial charge in [-0.1, -0.05) is 45.6 Å². The molecular weight excluding hydrogens is 375 g/mol. The molecule has 19 heavy (non-hydrogen) atoms. The summed E-state index contributed by atoms with van der Waals surface area (Å²) in [5, 5.41) is 1.89. The summed E-state index contributed by atoms with van der Waals surface area (Å²) in [5.74, 6) is 0. The fourth-order valence-corrected chi connectivity index (χ4v) is 5.05. The lowest BCUT2D eigenvalue weighted by Gasteiger charge is -2.26. The minimum absolute atomic E-state index is 0.0791. The Bertz CT molecular complexity index is 551. The van der Waals surface area contributed by atoms with Crippen molar-refractivity contribution in [3.05, 3.63) is 26.7 Å². The van der Waals surface area contributed by atoms with Crippen LogP contribution in [0.3, 0.4) is 0 Å². The lowest BCUT2D eigenvalue weighted by Crippen LogP contribution is -2.45. The molecule has 0 bridgehead atoms. The first-order chi connectivity index (χ1) is 8.90. The molecule has 106 valence electrons. The zero-order chi connectivity index (χ0) is 14.0. The summed E-state index contributed by atoms with van der Waals surface area (Å²) in [6.45, 7) is 1.40. The smallest absolute Gasteiger partial charge is 0.230 e. The van der Waals surface area contributed by atoms with Crippen LogP contribution in [0.4, 0.5) is 0 Å². The minimum atomic E-state index is -3.75. The molecule has 2 rings (SSSR count). The lowest BCUT2D eigenvalue weighted by atomic mass is 10.2. The van der Waals surface area contributed by atoms with Gasteiger partial charge in [0.2, 0.25) is 0 Å². The van der Waals surface area contributed by atoms with Crippen molar-refractivity contribution in [2.24, 2.45) is 0 Å². The van der Waals surface area contributed by atoms with E-state index in [2.05, 4.69) is 20.8 Å². The zero-order valence-corrected chi connectivity index (χ0v) is 13.9. The number of hydrogen-bond acceptors (Lipinski definition) is 3. The highest BCUT2D eigenvalue weighted by molar-refractivity contribution is 9.10. The van der Waals surface area contributed by atoms with Crippen molar-refractivity contribution in [1.29, 1.82) is 0 Å². The normalized spacial score (nSPS) is 17.6. The van der Waals surface area contributed by atoms with Crippen LogP contribution < -0.4 is 4.83 Å². The molecule has 0 spiro atoms. The summed E-state index contributed by atoms with van der Waals surface area (Å²) in [5.41, 5.74) is 0. The average molecular weight is 388 g/mol. The molecule has 0 atom stereocenters. The molecule has 0 unspecified atom stereocenters. The van der Waals surface area contributed by atoms with E-state index in [1.54, 1.807) is 5.01 Å². The molecule has 0 radical (unpaired) electrons. The average Bonchev–Trinajstić information content (AvgIpc) is 2.27. The summed E-state index contributed by atoms with van der Waals surface area (Å²) in [6.07, 6.45) is 3.08. The number of nitrogens with zero attached hydrogens (tertiary/aromatic N) is 1. The third-order valence-electron chi connectivity index (χ3n) is 2.84. The topological polar surface area (TPSA) is 49.4 Å². The molecule has 0 aromatic heterocycles. The standard InChI is InChI=1S/C11H13BrCl2N2O2S/c12-8-6-9(13)11(10(14)7-8)19(17,18)15-16-4-2-1-3-5-16/h6-7,15H,1-5H2. The van der Waals surface area contributed by atoms with E-state index in [9.17, 15) is 8.42 Å². The van der Waals surface area contributed by atoms with Gasteiger partial charge in [-0.2, -0.15) is 0 Å². The SMILES string of the molecule is O=S(=O)(NN1CCCCC1)c1c(Cl)cc(Br)cc1Cl. The Kier molecular flexibility index (Phi) is 5.14. The van der Waals surface area contributed by atoms with Gasteiger partial charge < -0.3 is 0 Å². The van der Waals surface area contributed by atoms with Crippen LogP contribution in [0.15, 0.2) is 21.5 Å². The predicted octanol–water partition coefficient (Wildman–Crippen LogP) is 3.44. The molecule has 1 aliphatic rings. The number of sulfonamides is 1. The van der Waals surface area contributed by atoms with Gasteiger partial charge in [0.1, 0.15) is 4.90 Å². The quantitative estimate of drug-likeness (QED) is 0.864. The molecule has 1 saturated heterocycles. The molecule has 4 nitrogen and oxygen atoms in total. The number of piperidine rings is 1. The number of nitrogens with one attached hydrogen (secondary N) is 1. The molecule has 0 saturated carbocycles. The number of halogens is 3. The first-order valence-electron chi connectivity index (χ1n) is 5.82. The minimum Gasteiger partial charge on any atom is -0.230 e. The molecule has 1 aromatic carbocycles. The second kappa shape index (κ2) is 6.28. The molecule has 1 fully saturated rings. The highest BCUT2D eigenvalue weighted by Crippen LogP contribution is 2.32. The van der Waals surface area contributed by atoms with E-state index < -0.39 is 10.0 Å². The largest absolute Gasteiger partial charge is 0.256 e. The fourth-order valence-electron chi connectivity index (χ4n) is 1.99. The monoisotopic (exact) mass is 386 g/mol. The van der Waals surface area contributed by atoms with E-state index in [1.807, 2.05) is 0 Å². The van der Waals surface area contributed by atoms with E-state index >= 15 is 0 Å². The molecular formula is C11H13BrCl2N2O2S. The second-order valence-electron chi connectivity index (χ2n) is 4.34. The van der Waals surface area contributed by atoms with Crippen molar-refractivity contribution in [2.75, 3.05) is 13.1 Å². The summed E-state index contributed by atoms with van der Waals surface area (Å²) in [7, 11) is -3.75. The molecule has 8 heteroatoms. The highest BCUT2D eigenvalue weighted by Gasteiger charge is 2.25. The van der Waals surface area contributed by atoms with Crippen molar-refractivity contribution in [3.63, 3.8) is 0 Å². The van der Waals surface area contributed by atoms with Gasteiger partial charge in [0, 0.05) is 17.6 Å². The van der Waals surface area contributed by atoms with Crippen LogP contribution in [0.5, 0.6) is 0 Å². The van der Waals surface area contributed by atoms with Gasteiger partial charge in [-0.3, -0.25) is 0 Å². The molecule has 0 aliphatic carbocycles. The van der Waals surface area contributed by atoms with Gasteiger partial charge in [-0.15, -0.1) is 4.83 Å².